The molecule has 120 valence electrons. The first-order chi connectivity index (χ1) is 10.4. The molecule has 22 heavy (non-hydrogen) atoms. The maximum atomic E-state index is 11.9. The van der Waals surface area contributed by atoms with E-state index in [0.29, 0.717) is 6.54 Å². The van der Waals surface area contributed by atoms with Crippen molar-refractivity contribution in [2.24, 2.45) is 0 Å². The Morgan fingerprint density at radius 3 is 2.45 bits per heavy atom. The van der Waals surface area contributed by atoms with Crippen LogP contribution in [0.25, 0.3) is 0 Å². The van der Waals surface area contributed by atoms with Crippen LogP contribution in [0.2, 0.25) is 0 Å². The summed E-state index contributed by atoms with van der Waals surface area (Å²) < 4.78 is 0. The molecule has 0 saturated carbocycles. The van der Waals surface area contributed by atoms with Gasteiger partial charge >= 0.3 is 0 Å². The zero-order valence-electron chi connectivity index (χ0n) is 12.5. The van der Waals surface area contributed by atoms with Gasteiger partial charge in [0.15, 0.2) is 0 Å². The molecule has 2 N–H and O–H groups in total. The first-order valence-electron chi connectivity index (χ1n) is 6.89. The normalized spacial score (nSPS) is 11.5. The molecule has 0 aliphatic carbocycles. The number of nitro groups is 1. The molecule has 0 saturated heterocycles. The zero-order chi connectivity index (χ0) is 16.5. The molecule has 0 aromatic heterocycles. The largest absolute Gasteiger partial charge is 0.355 e. The smallest absolute Gasteiger partial charge is 0.269 e. The molecule has 1 unspecified atom stereocenters. The van der Waals surface area contributed by atoms with Crippen LogP contribution < -0.4 is 10.6 Å². The van der Waals surface area contributed by atoms with Gasteiger partial charge in [-0.05, 0) is 25.5 Å². The second-order valence-corrected chi connectivity index (χ2v) is 5.99. The third-order valence-corrected chi connectivity index (χ3v) is 3.84. The number of hydrogen-bond acceptors (Lipinski definition) is 5. The Morgan fingerprint density at radius 1 is 1.27 bits per heavy atom. The molecule has 0 heterocycles. The van der Waals surface area contributed by atoms with E-state index in [1.54, 1.807) is 19.1 Å². The Labute approximate surface area is 133 Å². The van der Waals surface area contributed by atoms with Gasteiger partial charge in [0.1, 0.15) is 0 Å². The third kappa shape index (κ3) is 6.13. The minimum atomic E-state index is -0.473. The Balaban J connectivity index is 2.43. The molecule has 0 bridgehead atoms. The maximum Gasteiger partial charge on any atom is 0.269 e. The van der Waals surface area contributed by atoms with Gasteiger partial charge < -0.3 is 10.6 Å². The summed E-state index contributed by atoms with van der Waals surface area (Å²) in [7, 11) is 0. The van der Waals surface area contributed by atoms with Crippen LogP contribution in [0.3, 0.4) is 0 Å². The van der Waals surface area contributed by atoms with Gasteiger partial charge in [0.2, 0.25) is 11.8 Å². The minimum absolute atomic E-state index is 0.00838. The van der Waals surface area contributed by atoms with Crippen LogP contribution in [0, 0.1) is 10.1 Å². The Hall–Kier alpha value is -2.09. The van der Waals surface area contributed by atoms with Crippen LogP contribution in [0.1, 0.15) is 20.3 Å². The highest BCUT2D eigenvalue weighted by atomic mass is 32.2. The van der Waals surface area contributed by atoms with Crippen LogP contribution >= 0.6 is 11.8 Å². The number of nitrogens with one attached hydrogen (secondary N) is 2. The number of non-ortho nitro benzene ring substituents is 1. The molecule has 0 radical (unpaired) electrons. The van der Waals surface area contributed by atoms with E-state index in [1.807, 2.05) is 6.92 Å². The van der Waals surface area contributed by atoms with Gasteiger partial charge in [0.05, 0.1) is 16.7 Å². The summed E-state index contributed by atoms with van der Waals surface area (Å²) in [6.45, 7) is 4.19. The van der Waals surface area contributed by atoms with E-state index in [9.17, 15) is 19.7 Å². The molecule has 7 nitrogen and oxygen atoms in total. The van der Waals surface area contributed by atoms with E-state index in [1.165, 1.54) is 23.9 Å². The summed E-state index contributed by atoms with van der Waals surface area (Å²) in [6.07, 6.45) is 0.839. The highest BCUT2D eigenvalue weighted by Gasteiger charge is 2.15. The van der Waals surface area contributed by atoms with Crippen molar-refractivity contribution in [3.63, 3.8) is 0 Å². The summed E-state index contributed by atoms with van der Waals surface area (Å²) in [5, 5.41) is 15.4. The first kappa shape index (κ1) is 18.0. The Kier molecular flexibility index (Phi) is 7.38. The fourth-order valence-electron chi connectivity index (χ4n) is 1.54. The van der Waals surface area contributed by atoms with E-state index in [4.69, 9.17) is 0 Å². The SMILES string of the molecule is CCCNC(=O)CNC(=O)C(C)Sc1ccc([N+](=O)[O-])cc1. The Bertz CT molecular complexity index is 533. The number of thioether (sulfide) groups is 1. The highest BCUT2D eigenvalue weighted by molar-refractivity contribution is 8.00. The quantitative estimate of drug-likeness (QED) is 0.430. The number of carbonyl (C=O) groups is 2. The number of amides is 2. The number of benzene rings is 1. The standard InChI is InChI=1S/C14H19N3O4S/c1-3-8-15-13(18)9-16-14(19)10(2)22-12-6-4-11(5-7-12)17(20)21/h4-7,10H,3,8-9H2,1-2H3,(H,15,18)(H,16,19). The van der Waals surface area contributed by atoms with Gasteiger partial charge in [-0.1, -0.05) is 6.92 Å². The van der Waals surface area contributed by atoms with Gasteiger partial charge in [-0.3, -0.25) is 19.7 Å². The molecule has 0 fully saturated rings. The Morgan fingerprint density at radius 2 is 1.91 bits per heavy atom. The van der Waals surface area contributed by atoms with E-state index >= 15 is 0 Å². The van der Waals surface area contributed by atoms with Crippen LogP contribution in [-0.2, 0) is 9.59 Å². The lowest BCUT2D eigenvalue weighted by Crippen LogP contribution is -2.40. The van der Waals surface area contributed by atoms with Gasteiger partial charge in [-0.25, -0.2) is 0 Å². The van der Waals surface area contributed by atoms with E-state index in [-0.39, 0.29) is 24.0 Å². The van der Waals surface area contributed by atoms with Gasteiger partial charge in [0.25, 0.3) is 5.69 Å². The number of hydrogen-bond donors (Lipinski definition) is 2. The van der Waals surface area contributed by atoms with Crippen molar-refractivity contribution in [3.8, 4) is 0 Å². The predicted molar refractivity (Wildman–Crippen MR) is 84.7 cm³/mol. The van der Waals surface area contributed by atoms with Crippen molar-refractivity contribution in [1.82, 2.24) is 10.6 Å². The van der Waals surface area contributed by atoms with Gasteiger partial charge in [-0.15, -0.1) is 11.8 Å². The third-order valence-electron chi connectivity index (χ3n) is 2.72. The topological polar surface area (TPSA) is 101 Å². The molecule has 0 spiro atoms. The average Bonchev–Trinajstić information content (AvgIpc) is 2.50. The molecule has 8 heteroatoms. The molecule has 1 atom stereocenters. The summed E-state index contributed by atoms with van der Waals surface area (Å²) >= 11 is 1.28. The molecule has 1 aromatic rings. The van der Waals surface area contributed by atoms with Crippen molar-refractivity contribution in [2.75, 3.05) is 13.1 Å². The van der Waals surface area contributed by atoms with Gasteiger partial charge in [0, 0.05) is 23.6 Å². The highest BCUT2D eigenvalue weighted by Crippen LogP contribution is 2.25. The average molecular weight is 325 g/mol. The van der Waals surface area contributed by atoms with Crippen molar-refractivity contribution in [1.29, 1.82) is 0 Å². The van der Waals surface area contributed by atoms with Gasteiger partial charge in [-0.2, -0.15) is 0 Å². The molecule has 0 aliphatic rings. The predicted octanol–water partition coefficient (Wildman–Crippen LogP) is 1.72. The van der Waals surface area contributed by atoms with E-state index in [2.05, 4.69) is 10.6 Å². The van der Waals surface area contributed by atoms with Crippen molar-refractivity contribution in [2.45, 2.75) is 30.4 Å². The number of nitro benzene ring substituents is 1. The first-order valence-corrected chi connectivity index (χ1v) is 7.77. The monoisotopic (exact) mass is 325 g/mol. The lowest BCUT2D eigenvalue weighted by molar-refractivity contribution is -0.384. The van der Waals surface area contributed by atoms with Crippen LogP contribution in [-0.4, -0.2) is 35.1 Å². The molecule has 2 amide bonds. The maximum absolute atomic E-state index is 11.9. The fourth-order valence-corrected chi connectivity index (χ4v) is 2.43. The summed E-state index contributed by atoms with van der Waals surface area (Å²) in [5.74, 6) is -0.474. The summed E-state index contributed by atoms with van der Waals surface area (Å²) in [6, 6.07) is 5.98. The number of nitrogens with zero attached hydrogens (tertiary/aromatic N) is 1. The zero-order valence-corrected chi connectivity index (χ0v) is 13.3. The fraction of sp³-hybridized carbons (Fsp3) is 0.429. The van der Waals surface area contributed by atoms with Crippen molar-refractivity contribution in [3.05, 3.63) is 34.4 Å². The minimum Gasteiger partial charge on any atom is -0.355 e. The molecule has 1 aromatic carbocycles. The summed E-state index contributed by atoms with van der Waals surface area (Å²) in [5.41, 5.74) is 0.00838. The lowest BCUT2D eigenvalue weighted by atomic mass is 10.3. The van der Waals surface area contributed by atoms with Crippen molar-refractivity contribution < 1.29 is 14.5 Å². The second-order valence-electron chi connectivity index (χ2n) is 4.58. The molecular formula is C14H19N3O4S. The number of rotatable bonds is 8. The second kappa shape index (κ2) is 9.04. The molecule has 1 rings (SSSR count). The molecule has 0 aliphatic heterocycles. The summed E-state index contributed by atoms with van der Waals surface area (Å²) in [4.78, 5) is 34.1. The number of carbonyl (C=O) groups excluding carboxylic acids is 2. The molecular weight excluding hydrogens is 306 g/mol. The van der Waals surface area contributed by atoms with Crippen LogP contribution in [0.5, 0.6) is 0 Å². The van der Waals surface area contributed by atoms with E-state index < -0.39 is 10.2 Å². The van der Waals surface area contributed by atoms with Crippen LogP contribution in [0.15, 0.2) is 29.2 Å². The van der Waals surface area contributed by atoms with Crippen molar-refractivity contribution >= 4 is 29.3 Å². The van der Waals surface area contributed by atoms with Crippen LogP contribution in [0.4, 0.5) is 5.69 Å². The lowest BCUT2D eigenvalue weighted by Gasteiger charge is -2.12. The van der Waals surface area contributed by atoms with E-state index in [0.717, 1.165) is 11.3 Å².